The van der Waals surface area contributed by atoms with Crippen LogP contribution in [0, 0.1) is 0 Å². The molecule has 0 bridgehead atoms. The molecule has 1 rings (SSSR count). The second-order valence-corrected chi connectivity index (χ2v) is 9.60. The second-order valence-electron chi connectivity index (χ2n) is 7.34. The monoisotopic (exact) mass is 458 g/mol. The number of rotatable bonds is 14. The number of unbranched alkanes of at least 4 members (excludes halogenated alkanes) is 6. The van der Waals surface area contributed by atoms with Crippen LogP contribution in [0.3, 0.4) is 0 Å². The van der Waals surface area contributed by atoms with Crippen molar-refractivity contribution in [1.29, 1.82) is 0 Å². The quantitative estimate of drug-likeness (QED) is 0.282. The van der Waals surface area contributed by atoms with Crippen molar-refractivity contribution in [2.75, 3.05) is 13.1 Å². The standard InChI is InChI=1S/C22H35ClN2O4S/c1-4-7-8-9-10-11-12-13-20(26)19-17-18(23)14-15-21(19)30(28,29)25(6-3)22(27)24-16-5-2/h14-15,17H,4-13,16H2,1-3H3,(H,24,27). The fraction of sp³-hybridized carbons (Fsp3) is 0.636. The maximum atomic E-state index is 13.2. The van der Waals surface area contributed by atoms with E-state index in [0.717, 1.165) is 23.6 Å². The predicted molar refractivity (Wildman–Crippen MR) is 122 cm³/mol. The van der Waals surface area contributed by atoms with Gasteiger partial charge in [-0.2, -0.15) is 0 Å². The lowest BCUT2D eigenvalue weighted by molar-refractivity contribution is 0.0975. The summed E-state index contributed by atoms with van der Waals surface area (Å²) in [6.07, 6.45) is 8.40. The molecule has 1 N–H and O–H groups in total. The van der Waals surface area contributed by atoms with Crippen LogP contribution < -0.4 is 5.32 Å². The average Bonchev–Trinajstić information content (AvgIpc) is 2.71. The minimum Gasteiger partial charge on any atom is -0.337 e. The summed E-state index contributed by atoms with van der Waals surface area (Å²) in [6, 6.07) is 3.43. The van der Waals surface area contributed by atoms with E-state index in [2.05, 4.69) is 12.2 Å². The number of sulfonamides is 1. The predicted octanol–water partition coefficient (Wildman–Crippen LogP) is 5.79. The van der Waals surface area contributed by atoms with E-state index >= 15 is 0 Å². The molecule has 0 unspecified atom stereocenters. The normalized spacial score (nSPS) is 11.3. The highest BCUT2D eigenvalue weighted by molar-refractivity contribution is 7.89. The van der Waals surface area contributed by atoms with Crippen LogP contribution in [0.4, 0.5) is 4.79 Å². The minimum atomic E-state index is -4.18. The van der Waals surface area contributed by atoms with Gasteiger partial charge in [0, 0.05) is 30.1 Å². The maximum absolute atomic E-state index is 13.2. The number of urea groups is 1. The first-order valence-electron chi connectivity index (χ1n) is 10.9. The van der Waals surface area contributed by atoms with E-state index in [1.807, 2.05) is 6.92 Å². The molecule has 8 heteroatoms. The Bertz CT molecular complexity index is 796. The minimum absolute atomic E-state index is 0.0358. The molecule has 1 aromatic carbocycles. The molecular formula is C22H35ClN2O4S. The first-order chi connectivity index (χ1) is 14.3. The molecule has 1 aromatic rings. The summed E-state index contributed by atoms with van der Waals surface area (Å²) < 4.78 is 27.1. The van der Waals surface area contributed by atoms with Gasteiger partial charge in [0.15, 0.2) is 5.78 Å². The lowest BCUT2D eigenvalue weighted by Gasteiger charge is -2.22. The SMILES string of the molecule is CCCCCCCCCC(=O)c1cc(Cl)ccc1S(=O)(=O)N(CC)C(=O)NCCC. The number of carbonyl (C=O) groups is 2. The number of nitrogens with one attached hydrogen (secondary N) is 1. The Morgan fingerprint density at radius 2 is 1.60 bits per heavy atom. The van der Waals surface area contributed by atoms with Crippen molar-refractivity contribution in [2.24, 2.45) is 0 Å². The molecular weight excluding hydrogens is 424 g/mol. The summed E-state index contributed by atoms with van der Waals surface area (Å²) >= 11 is 6.05. The zero-order valence-electron chi connectivity index (χ0n) is 18.4. The highest BCUT2D eigenvalue weighted by Crippen LogP contribution is 2.26. The largest absolute Gasteiger partial charge is 0.337 e. The van der Waals surface area contributed by atoms with Crippen LogP contribution in [0.5, 0.6) is 0 Å². The van der Waals surface area contributed by atoms with Gasteiger partial charge in [0.1, 0.15) is 0 Å². The molecule has 0 spiro atoms. The van der Waals surface area contributed by atoms with Crippen molar-refractivity contribution in [3.8, 4) is 0 Å². The molecule has 2 amide bonds. The van der Waals surface area contributed by atoms with Crippen LogP contribution in [0.2, 0.25) is 5.02 Å². The summed E-state index contributed by atoms with van der Waals surface area (Å²) in [5.41, 5.74) is 0.0511. The van der Waals surface area contributed by atoms with Crippen molar-refractivity contribution >= 4 is 33.4 Å². The third-order valence-electron chi connectivity index (χ3n) is 4.86. The van der Waals surface area contributed by atoms with Crippen LogP contribution in [-0.2, 0) is 10.0 Å². The van der Waals surface area contributed by atoms with Gasteiger partial charge in [-0.3, -0.25) is 4.79 Å². The van der Waals surface area contributed by atoms with Crippen molar-refractivity contribution in [3.63, 3.8) is 0 Å². The number of ketones is 1. The third kappa shape index (κ3) is 7.91. The van der Waals surface area contributed by atoms with E-state index in [9.17, 15) is 18.0 Å². The van der Waals surface area contributed by atoms with Crippen molar-refractivity contribution in [2.45, 2.75) is 83.5 Å². The summed E-state index contributed by atoms with van der Waals surface area (Å²) in [4.78, 5) is 25.0. The van der Waals surface area contributed by atoms with E-state index < -0.39 is 16.1 Å². The van der Waals surface area contributed by atoms with Gasteiger partial charge >= 0.3 is 6.03 Å². The average molecular weight is 459 g/mol. The highest BCUT2D eigenvalue weighted by Gasteiger charge is 2.31. The Kier molecular flexibility index (Phi) is 12.0. The van der Waals surface area contributed by atoms with Crippen LogP contribution in [0.15, 0.2) is 23.1 Å². The number of amides is 2. The van der Waals surface area contributed by atoms with Gasteiger partial charge in [0.2, 0.25) is 0 Å². The molecule has 0 atom stereocenters. The molecule has 30 heavy (non-hydrogen) atoms. The van der Waals surface area contributed by atoms with Gasteiger partial charge in [0.05, 0.1) is 4.90 Å². The number of hydrogen-bond donors (Lipinski definition) is 1. The number of benzene rings is 1. The molecule has 0 aliphatic heterocycles. The lowest BCUT2D eigenvalue weighted by atomic mass is 10.0. The summed E-state index contributed by atoms with van der Waals surface area (Å²) in [5, 5.41) is 2.87. The first-order valence-corrected chi connectivity index (χ1v) is 12.7. The van der Waals surface area contributed by atoms with Gasteiger partial charge < -0.3 is 5.32 Å². The Balaban J connectivity index is 2.95. The van der Waals surface area contributed by atoms with Crippen molar-refractivity contribution in [3.05, 3.63) is 28.8 Å². The number of Topliss-reactive ketones (excluding diaryl/α,β-unsaturated/α-hetero) is 1. The van der Waals surface area contributed by atoms with Gasteiger partial charge in [-0.15, -0.1) is 0 Å². The van der Waals surface area contributed by atoms with E-state index in [1.54, 1.807) is 6.92 Å². The van der Waals surface area contributed by atoms with E-state index in [4.69, 9.17) is 11.6 Å². The zero-order valence-corrected chi connectivity index (χ0v) is 19.9. The van der Waals surface area contributed by atoms with Crippen molar-refractivity contribution in [1.82, 2.24) is 9.62 Å². The van der Waals surface area contributed by atoms with Crippen LogP contribution in [0.25, 0.3) is 0 Å². The number of halogens is 1. The molecule has 0 aromatic heterocycles. The van der Waals surface area contributed by atoms with Gasteiger partial charge in [0.25, 0.3) is 10.0 Å². The molecule has 0 aliphatic carbocycles. The van der Waals surface area contributed by atoms with Crippen LogP contribution in [0.1, 0.15) is 88.9 Å². The first kappa shape index (κ1) is 26.4. The lowest BCUT2D eigenvalue weighted by Crippen LogP contribution is -2.44. The Hall–Kier alpha value is -1.60. The van der Waals surface area contributed by atoms with Gasteiger partial charge in [-0.25, -0.2) is 17.5 Å². The Morgan fingerprint density at radius 3 is 2.20 bits per heavy atom. The maximum Gasteiger partial charge on any atom is 0.331 e. The molecule has 0 saturated heterocycles. The molecule has 0 fully saturated rings. The molecule has 170 valence electrons. The van der Waals surface area contributed by atoms with Crippen LogP contribution in [-0.4, -0.2) is 37.6 Å². The van der Waals surface area contributed by atoms with Crippen molar-refractivity contribution < 1.29 is 18.0 Å². The van der Waals surface area contributed by atoms with E-state index in [0.29, 0.717) is 19.4 Å². The smallest absolute Gasteiger partial charge is 0.331 e. The number of carbonyl (C=O) groups excluding carboxylic acids is 2. The molecule has 6 nitrogen and oxygen atoms in total. The zero-order chi connectivity index (χ0) is 22.6. The molecule has 0 saturated carbocycles. The van der Waals surface area contributed by atoms with Crippen LogP contribution >= 0.6 is 11.6 Å². The molecule has 0 aliphatic rings. The Morgan fingerprint density at radius 1 is 0.967 bits per heavy atom. The fourth-order valence-electron chi connectivity index (χ4n) is 3.18. The fourth-order valence-corrected chi connectivity index (χ4v) is 4.91. The summed E-state index contributed by atoms with van der Waals surface area (Å²) in [6.45, 7) is 5.97. The highest BCUT2D eigenvalue weighted by atomic mass is 35.5. The van der Waals surface area contributed by atoms with Gasteiger partial charge in [-0.1, -0.05) is 64.0 Å². The van der Waals surface area contributed by atoms with E-state index in [1.165, 1.54) is 37.5 Å². The molecule has 0 heterocycles. The van der Waals surface area contributed by atoms with E-state index in [-0.39, 0.29) is 34.2 Å². The third-order valence-corrected chi connectivity index (χ3v) is 7.01. The second kappa shape index (κ2) is 13.7. The number of nitrogens with zero attached hydrogens (tertiary/aromatic N) is 1. The summed E-state index contributed by atoms with van der Waals surface area (Å²) in [7, 11) is -4.18. The number of hydrogen-bond acceptors (Lipinski definition) is 4. The molecule has 0 radical (unpaired) electrons. The topological polar surface area (TPSA) is 83.6 Å². The summed E-state index contributed by atoms with van der Waals surface area (Å²) in [5.74, 6) is -0.269. The van der Waals surface area contributed by atoms with Gasteiger partial charge in [-0.05, 0) is 38.0 Å². The Labute approximate surface area is 186 Å².